The van der Waals surface area contributed by atoms with Gasteiger partial charge in [0.1, 0.15) is 12.4 Å². The highest BCUT2D eigenvalue weighted by molar-refractivity contribution is 6.07. The van der Waals surface area contributed by atoms with Gasteiger partial charge in [0.05, 0.1) is 23.3 Å². The fourth-order valence-electron chi connectivity index (χ4n) is 3.16. The van der Waals surface area contributed by atoms with E-state index >= 15 is 0 Å². The molecule has 2 aromatic carbocycles. The molecule has 1 aromatic heterocycles. The number of ether oxygens (including phenoxy) is 2. The van der Waals surface area contributed by atoms with Gasteiger partial charge < -0.3 is 9.47 Å². The summed E-state index contributed by atoms with van der Waals surface area (Å²) in [5, 5.41) is 15.5. The average Bonchev–Trinajstić information content (AvgIpc) is 3.08. The Morgan fingerprint density at radius 3 is 2.61 bits per heavy atom. The van der Waals surface area contributed by atoms with E-state index in [-0.39, 0.29) is 23.8 Å². The van der Waals surface area contributed by atoms with E-state index in [1.165, 1.54) is 19.3 Å². The summed E-state index contributed by atoms with van der Waals surface area (Å²) in [6.07, 6.45) is 4.87. The molecule has 160 valence electrons. The molecule has 3 aromatic rings. The van der Waals surface area contributed by atoms with Crippen LogP contribution >= 0.6 is 0 Å². The van der Waals surface area contributed by atoms with Crippen molar-refractivity contribution in [2.45, 2.75) is 20.5 Å². The molecule has 0 fully saturated rings. The largest absolute Gasteiger partial charge is 0.496 e. The molecule has 0 aliphatic rings. The van der Waals surface area contributed by atoms with E-state index in [1.807, 2.05) is 19.1 Å². The lowest BCUT2D eigenvalue weighted by atomic mass is 10.1. The van der Waals surface area contributed by atoms with Gasteiger partial charge in [0.25, 0.3) is 0 Å². The second kappa shape index (κ2) is 9.25. The minimum absolute atomic E-state index is 0.0742. The highest BCUT2D eigenvalue weighted by Gasteiger charge is 2.16. The monoisotopic (exact) mass is 421 g/mol. The molecule has 3 rings (SSSR count). The zero-order valence-corrected chi connectivity index (χ0v) is 17.8. The maximum absolute atomic E-state index is 12.5. The lowest BCUT2D eigenvalue weighted by molar-refractivity contribution is -0.386. The van der Waals surface area contributed by atoms with Gasteiger partial charge in [-0.15, -0.1) is 0 Å². The minimum atomic E-state index is -0.475. The first-order chi connectivity index (χ1) is 14.8. The topological polar surface area (TPSA) is 96.5 Å². The van der Waals surface area contributed by atoms with Crippen molar-refractivity contribution in [1.82, 2.24) is 9.78 Å². The fourth-order valence-corrected chi connectivity index (χ4v) is 3.16. The van der Waals surface area contributed by atoms with Gasteiger partial charge in [-0.05, 0) is 49.2 Å². The zero-order valence-electron chi connectivity index (χ0n) is 17.8. The maximum Gasteiger partial charge on any atom is 0.310 e. The van der Waals surface area contributed by atoms with Crippen molar-refractivity contribution in [3.8, 4) is 11.5 Å². The molecule has 0 atom stereocenters. The van der Waals surface area contributed by atoms with Crippen LogP contribution in [0, 0.1) is 24.0 Å². The molecular formula is C23H23N3O5. The number of methoxy groups -OCH3 is 1. The van der Waals surface area contributed by atoms with Crippen LogP contribution in [-0.4, -0.2) is 27.6 Å². The molecule has 0 N–H and O–H groups in total. The normalized spacial score (nSPS) is 11.0. The Morgan fingerprint density at radius 2 is 1.97 bits per heavy atom. The van der Waals surface area contributed by atoms with E-state index in [2.05, 4.69) is 5.10 Å². The molecule has 0 bridgehead atoms. The number of benzene rings is 2. The van der Waals surface area contributed by atoms with E-state index in [4.69, 9.17) is 9.47 Å². The number of hydrogen-bond donors (Lipinski definition) is 0. The van der Waals surface area contributed by atoms with Crippen LogP contribution in [0.15, 0.2) is 48.7 Å². The summed E-state index contributed by atoms with van der Waals surface area (Å²) in [7, 11) is 3.31. The maximum atomic E-state index is 12.5. The number of hydrogen-bond acceptors (Lipinski definition) is 6. The quantitative estimate of drug-likeness (QED) is 0.231. The third-order valence-corrected chi connectivity index (χ3v) is 4.71. The Kier molecular flexibility index (Phi) is 6.49. The zero-order chi connectivity index (χ0) is 22.5. The Morgan fingerprint density at radius 1 is 1.19 bits per heavy atom. The van der Waals surface area contributed by atoms with Crippen molar-refractivity contribution in [3.05, 3.63) is 86.7 Å². The summed E-state index contributed by atoms with van der Waals surface area (Å²) in [4.78, 5) is 23.2. The van der Waals surface area contributed by atoms with Crippen molar-refractivity contribution in [2.75, 3.05) is 7.11 Å². The van der Waals surface area contributed by atoms with Crippen LogP contribution < -0.4 is 9.47 Å². The number of nitro benzene ring substituents is 1. The molecule has 1 heterocycles. The van der Waals surface area contributed by atoms with Gasteiger partial charge in [0.2, 0.25) is 0 Å². The number of aryl methyl sites for hydroxylation is 3. The van der Waals surface area contributed by atoms with E-state index < -0.39 is 4.92 Å². The lowest BCUT2D eigenvalue weighted by Crippen LogP contribution is -2.02. The first-order valence-electron chi connectivity index (χ1n) is 9.56. The van der Waals surface area contributed by atoms with Gasteiger partial charge in [0.15, 0.2) is 11.5 Å². The third kappa shape index (κ3) is 5.16. The summed E-state index contributed by atoms with van der Waals surface area (Å²) in [6.45, 7) is 3.70. The summed E-state index contributed by atoms with van der Waals surface area (Å²) < 4.78 is 12.7. The Hall–Kier alpha value is -3.94. The van der Waals surface area contributed by atoms with Crippen LogP contribution in [-0.2, 0) is 13.7 Å². The highest BCUT2D eigenvalue weighted by atomic mass is 16.6. The Bertz CT molecular complexity index is 1160. The SMILES string of the molecule is COc1ccc(/C=C/C(=O)c2cn(C)nc2C)cc1COc1cc(C)ccc1[N+](=O)[O-]. The van der Waals surface area contributed by atoms with Crippen molar-refractivity contribution in [1.29, 1.82) is 0 Å². The van der Waals surface area contributed by atoms with E-state index in [0.717, 1.165) is 11.1 Å². The second-order valence-corrected chi connectivity index (χ2v) is 7.09. The Balaban J connectivity index is 1.81. The van der Waals surface area contributed by atoms with Crippen molar-refractivity contribution in [3.63, 3.8) is 0 Å². The summed E-state index contributed by atoms with van der Waals surface area (Å²) >= 11 is 0. The van der Waals surface area contributed by atoms with Crippen molar-refractivity contribution in [2.24, 2.45) is 7.05 Å². The summed E-state index contributed by atoms with van der Waals surface area (Å²) in [6, 6.07) is 10.1. The molecule has 0 aliphatic carbocycles. The van der Waals surface area contributed by atoms with E-state index in [1.54, 1.807) is 49.1 Å². The molecule has 0 radical (unpaired) electrons. The van der Waals surface area contributed by atoms with Gasteiger partial charge >= 0.3 is 5.69 Å². The number of rotatable bonds is 8. The van der Waals surface area contributed by atoms with Crippen LogP contribution in [0.4, 0.5) is 5.69 Å². The van der Waals surface area contributed by atoms with Crippen LogP contribution in [0.25, 0.3) is 6.08 Å². The van der Waals surface area contributed by atoms with Gasteiger partial charge in [-0.1, -0.05) is 18.2 Å². The smallest absolute Gasteiger partial charge is 0.310 e. The molecule has 0 saturated carbocycles. The first kappa shape index (κ1) is 21.8. The fraction of sp³-hybridized carbons (Fsp3) is 0.217. The van der Waals surface area contributed by atoms with Crippen LogP contribution in [0.3, 0.4) is 0 Å². The third-order valence-electron chi connectivity index (χ3n) is 4.71. The number of carbonyl (C=O) groups is 1. The molecule has 0 aliphatic heterocycles. The number of nitrogens with zero attached hydrogens (tertiary/aromatic N) is 3. The van der Waals surface area contributed by atoms with E-state index in [0.29, 0.717) is 22.6 Å². The van der Waals surface area contributed by atoms with Gasteiger partial charge in [-0.25, -0.2) is 0 Å². The predicted octanol–water partition coefficient (Wildman–Crippen LogP) is 4.43. The number of carbonyl (C=O) groups excluding carboxylic acids is 1. The Labute approximate surface area is 179 Å². The predicted molar refractivity (Wildman–Crippen MR) is 116 cm³/mol. The van der Waals surface area contributed by atoms with E-state index in [9.17, 15) is 14.9 Å². The van der Waals surface area contributed by atoms with Gasteiger partial charge in [-0.3, -0.25) is 19.6 Å². The molecule has 8 heteroatoms. The molecule has 8 nitrogen and oxygen atoms in total. The average molecular weight is 421 g/mol. The van der Waals surface area contributed by atoms with Crippen LogP contribution in [0.5, 0.6) is 11.5 Å². The number of nitro groups is 1. The van der Waals surface area contributed by atoms with Crippen molar-refractivity contribution < 1.29 is 19.2 Å². The second-order valence-electron chi connectivity index (χ2n) is 7.09. The highest BCUT2D eigenvalue weighted by Crippen LogP contribution is 2.30. The number of allylic oxidation sites excluding steroid dienone is 1. The molecule has 0 amide bonds. The molecule has 0 spiro atoms. The van der Waals surface area contributed by atoms with Crippen LogP contribution in [0.1, 0.15) is 32.7 Å². The summed E-state index contributed by atoms with van der Waals surface area (Å²) in [5.74, 6) is 0.631. The number of aromatic nitrogens is 2. The molecule has 31 heavy (non-hydrogen) atoms. The van der Waals surface area contributed by atoms with Crippen LogP contribution in [0.2, 0.25) is 0 Å². The van der Waals surface area contributed by atoms with Gasteiger partial charge in [0, 0.05) is 24.9 Å². The lowest BCUT2D eigenvalue weighted by Gasteiger charge is -2.12. The first-order valence-corrected chi connectivity index (χ1v) is 9.56. The molecule has 0 saturated heterocycles. The molecular weight excluding hydrogens is 398 g/mol. The summed E-state index contributed by atoms with van der Waals surface area (Å²) in [5.41, 5.74) is 3.44. The standard InChI is InChI=1S/C23H23N3O5/c1-15-5-8-20(26(28)29)23(11-15)31-14-18-12-17(7-10-22(18)30-4)6-9-21(27)19-13-25(3)24-16(19)2/h5-13H,14H2,1-4H3/b9-6+. The van der Waals surface area contributed by atoms with Gasteiger partial charge in [-0.2, -0.15) is 5.10 Å². The minimum Gasteiger partial charge on any atom is -0.496 e. The number of ketones is 1. The van der Waals surface area contributed by atoms with Crippen molar-refractivity contribution >= 4 is 17.5 Å². The molecule has 0 unspecified atom stereocenters.